The molecular weight excluding hydrogens is 332 g/mol. The molecule has 6 heteroatoms. The first-order chi connectivity index (χ1) is 12.3. The molecule has 4 rings (SSSR count). The van der Waals surface area contributed by atoms with Gasteiger partial charge >= 0.3 is 0 Å². The quantitative estimate of drug-likeness (QED) is 0.725. The van der Waals surface area contributed by atoms with Crippen LogP contribution in [0.25, 0.3) is 5.13 Å². The minimum atomic E-state index is 0.190. The van der Waals surface area contributed by atoms with E-state index in [0.717, 1.165) is 36.2 Å². The Labute approximate surface area is 151 Å². The van der Waals surface area contributed by atoms with E-state index in [-0.39, 0.29) is 5.91 Å². The van der Waals surface area contributed by atoms with Gasteiger partial charge in [0.15, 0.2) is 5.13 Å². The molecule has 128 valence electrons. The Hall–Kier alpha value is -2.60. The van der Waals surface area contributed by atoms with Crippen molar-refractivity contribution in [2.45, 2.75) is 6.42 Å². The summed E-state index contributed by atoms with van der Waals surface area (Å²) in [5, 5.41) is 0.904. The van der Waals surface area contributed by atoms with E-state index < -0.39 is 0 Å². The Kier molecular flexibility index (Phi) is 4.52. The molecule has 1 fully saturated rings. The predicted octanol–water partition coefficient (Wildman–Crippen LogP) is 2.83. The molecule has 1 saturated heterocycles. The van der Waals surface area contributed by atoms with Crippen LogP contribution in [0.2, 0.25) is 0 Å². The van der Waals surface area contributed by atoms with Crippen molar-refractivity contribution in [2.24, 2.45) is 0 Å². The first kappa shape index (κ1) is 15.9. The Bertz CT molecular complexity index is 820. The molecule has 3 aromatic rings. The minimum Gasteiger partial charge on any atom is -0.368 e. The molecule has 1 amide bonds. The first-order valence-corrected chi connectivity index (χ1v) is 9.27. The van der Waals surface area contributed by atoms with Gasteiger partial charge in [0.25, 0.3) is 0 Å². The number of anilines is 1. The second-order valence-corrected chi connectivity index (χ2v) is 7.17. The summed E-state index contributed by atoms with van der Waals surface area (Å²) in [5.74, 6) is 0.190. The number of benzene rings is 1. The van der Waals surface area contributed by atoms with Crippen molar-refractivity contribution < 1.29 is 4.79 Å². The SMILES string of the molecule is O=C(Cc1cnc(-n2cccc2)s1)N1CCN(c2ccccc2)CC1. The van der Waals surface area contributed by atoms with Crippen LogP contribution in [0.4, 0.5) is 5.69 Å². The van der Waals surface area contributed by atoms with E-state index in [2.05, 4.69) is 34.1 Å². The van der Waals surface area contributed by atoms with Crippen LogP contribution < -0.4 is 4.90 Å². The van der Waals surface area contributed by atoms with Crippen molar-refractivity contribution >= 4 is 22.9 Å². The molecule has 5 nitrogen and oxygen atoms in total. The van der Waals surface area contributed by atoms with Crippen LogP contribution in [0.1, 0.15) is 4.88 Å². The summed E-state index contributed by atoms with van der Waals surface area (Å²) in [4.78, 5) is 22.3. The van der Waals surface area contributed by atoms with Crippen molar-refractivity contribution in [3.8, 4) is 5.13 Å². The van der Waals surface area contributed by atoms with Gasteiger partial charge in [0, 0.05) is 55.3 Å². The van der Waals surface area contributed by atoms with E-state index >= 15 is 0 Å². The lowest BCUT2D eigenvalue weighted by Gasteiger charge is -2.36. The topological polar surface area (TPSA) is 41.4 Å². The average Bonchev–Trinajstić information content (AvgIpc) is 3.34. The van der Waals surface area contributed by atoms with E-state index in [1.807, 2.05) is 46.3 Å². The second-order valence-electron chi connectivity index (χ2n) is 6.08. The van der Waals surface area contributed by atoms with Crippen LogP contribution in [0.3, 0.4) is 0 Å². The van der Waals surface area contributed by atoms with Gasteiger partial charge in [-0.3, -0.25) is 4.79 Å². The molecular formula is C19H20N4OS. The highest BCUT2D eigenvalue weighted by Crippen LogP contribution is 2.20. The van der Waals surface area contributed by atoms with E-state index in [4.69, 9.17) is 0 Å². The van der Waals surface area contributed by atoms with Crippen LogP contribution in [0, 0.1) is 0 Å². The van der Waals surface area contributed by atoms with Crippen molar-refractivity contribution in [2.75, 3.05) is 31.1 Å². The van der Waals surface area contributed by atoms with Crippen LogP contribution >= 0.6 is 11.3 Å². The number of piperazine rings is 1. The molecule has 1 aromatic carbocycles. The maximum Gasteiger partial charge on any atom is 0.228 e. The number of carbonyl (C=O) groups excluding carboxylic acids is 1. The number of carbonyl (C=O) groups is 1. The predicted molar refractivity (Wildman–Crippen MR) is 100 cm³/mol. The molecule has 25 heavy (non-hydrogen) atoms. The smallest absolute Gasteiger partial charge is 0.228 e. The maximum atomic E-state index is 12.6. The Balaban J connectivity index is 1.34. The van der Waals surface area contributed by atoms with Gasteiger partial charge in [0.2, 0.25) is 5.91 Å². The highest BCUT2D eigenvalue weighted by molar-refractivity contribution is 7.14. The van der Waals surface area contributed by atoms with Crippen LogP contribution in [-0.2, 0) is 11.2 Å². The lowest BCUT2D eigenvalue weighted by molar-refractivity contribution is -0.130. The molecule has 0 atom stereocenters. The van der Waals surface area contributed by atoms with Gasteiger partial charge in [-0.25, -0.2) is 4.98 Å². The fourth-order valence-electron chi connectivity index (χ4n) is 3.07. The van der Waals surface area contributed by atoms with Gasteiger partial charge in [-0.1, -0.05) is 18.2 Å². The number of hydrogen-bond donors (Lipinski definition) is 0. The van der Waals surface area contributed by atoms with Crippen molar-refractivity contribution in [1.29, 1.82) is 0 Å². The Morgan fingerprint density at radius 1 is 1.00 bits per heavy atom. The van der Waals surface area contributed by atoms with E-state index in [1.165, 1.54) is 5.69 Å². The molecule has 2 aromatic heterocycles. The summed E-state index contributed by atoms with van der Waals surface area (Å²) in [7, 11) is 0. The molecule has 1 aliphatic heterocycles. The molecule has 0 aliphatic carbocycles. The van der Waals surface area contributed by atoms with Gasteiger partial charge in [-0.15, -0.1) is 11.3 Å². The summed E-state index contributed by atoms with van der Waals surface area (Å²) in [6.07, 6.45) is 6.18. The second kappa shape index (κ2) is 7.11. The van der Waals surface area contributed by atoms with E-state index in [0.29, 0.717) is 6.42 Å². The third-order valence-electron chi connectivity index (χ3n) is 4.45. The Morgan fingerprint density at radius 3 is 2.44 bits per heavy atom. The standard InChI is InChI=1S/C19H20N4OS/c24-18(14-17-15-20-19(25-17)23-8-4-5-9-23)22-12-10-21(11-13-22)16-6-2-1-3-7-16/h1-9,15H,10-14H2. The molecule has 0 radical (unpaired) electrons. The summed E-state index contributed by atoms with van der Waals surface area (Å²) in [6.45, 7) is 3.31. The number of rotatable bonds is 4. The van der Waals surface area contributed by atoms with Gasteiger partial charge in [0.1, 0.15) is 0 Å². The first-order valence-electron chi connectivity index (χ1n) is 8.45. The van der Waals surface area contributed by atoms with Crippen LogP contribution in [0.5, 0.6) is 0 Å². The number of hydrogen-bond acceptors (Lipinski definition) is 4. The summed E-state index contributed by atoms with van der Waals surface area (Å²) in [6, 6.07) is 14.3. The van der Waals surface area contributed by atoms with E-state index in [1.54, 1.807) is 11.3 Å². The lowest BCUT2D eigenvalue weighted by Crippen LogP contribution is -2.49. The number of nitrogens with zero attached hydrogens (tertiary/aromatic N) is 4. The van der Waals surface area contributed by atoms with Crippen molar-refractivity contribution in [3.05, 3.63) is 65.9 Å². The van der Waals surface area contributed by atoms with Gasteiger partial charge < -0.3 is 14.4 Å². The number of amides is 1. The average molecular weight is 352 g/mol. The monoisotopic (exact) mass is 352 g/mol. The van der Waals surface area contributed by atoms with Gasteiger partial charge in [-0.2, -0.15) is 0 Å². The summed E-state index contributed by atoms with van der Waals surface area (Å²) >= 11 is 1.57. The summed E-state index contributed by atoms with van der Waals surface area (Å²) in [5.41, 5.74) is 1.23. The molecule has 0 unspecified atom stereocenters. The highest BCUT2D eigenvalue weighted by atomic mass is 32.1. The minimum absolute atomic E-state index is 0.190. The zero-order valence-corrected chi connectivity index (χ0v) is 14.7. The zero-order chi connectivity index (χ0) is 17.1. The van der Waals surface area contributed by atoms with Crippen molar-refractivity contribution in [3.63, 3.8) is 0 Å². The molecule has 1 aliphatic rings. The molecule has 3 heterocycles. The van der Waals surface area contributed by atoms with Crippen LogP contribution in [0.15, 0.2) is 61.1 Å². The van der Waals surface area contributed by atoms with Gasteiger partial charge in [-0.05, 0) is 24.3 Å². The lowest BCUT2D eigenvalue weighted by atomic mass is 10.2. The van der Waals surface area contributed by atoms with E-state index in [9.17, 15) is 4.79 Å². The maximum absolute atomic E-state index is 12.6. The number of para-hydroxylation sites is 1. The van der Waals surface area contributed by atoms with Crippen LogP contribution in [-0.4, -0.2) is 46.5 Å². The fraction of sp³-hybridized carbons (Fsp3) is 0.263. The molecule has 0 N–H and O–H groups in total. The third kappa shape index (κ3) is 3.58. The normalized spacial score (nSPS) is 14.7. The molecule has 0 saturated carbocycles. The number of aromatic nitrogens is 2. The summed E-state index contributed by atoms with van der Waals surface area (Å²) < 4.78 is 1.97. The molecule has 0 bridgehead atoms. The Morgan fingerprint density at radius 2 is 1.72 bits per heavy atom. The third-order valence-corrected chi connectivity index (χ3v) is 5.46. The zero-order valence-electron chi connectivity index (χ0n) is 13.9. The fourth-order valence-corrected chi connectivity index (χ4v) is 3.94. The molecule has 0 spiro atoms. The number of thiazole rings is 1. The largest absolute Gasteiger partial charge is 0.368 e. The van der Waals surface area contributed by atoms with Crippen molar-refractivity contribution in [1.82, 2.24) is 14.5 Å². The van der Waals surface area contributed by atoms with Gasteiger partial charge in [0.05, 0.1) is 6.42 Å². The highest BCUT2D eigenvalue weighted by Gasteiger charge is 2.22.